The molecule has 1 amide bonds. The van der Waals surface area contributed by atoms with Gasteiger partial charge in [-0.15, -0.1) is 0 Å². The van der Waals surface area contributed by atoms with Crippen molar-refractivity contribution in [3.63, 3.8) is 0 Å². The summed E-state index contributed by atoms with van der Waals surface area (Å²) in [4.78, 5) is 22.6. The van der Waals surface area contributed by atoms with E-state index >= 15 is 0 Å². The van der Waals surface area contributed by atoms with Gasteiger partial charge in [0.2, 0.25) is 0 Å². The van der Waals surface area contributed by atoms with E-state index in [1.165, 1.54) is 0 Å². The highest BCUT2D eigenvalue weighted by atomic mass is 32.1. The number of oxazole rings is 1. The van der Waals surface area contributed by atoms with Crippen molar-refractivity contribution in [2.45, 2.75) is 6.18 Å². The topological polar surface area (TPSA) is 80.9 Å². The number of alkyl halides is 3. The van der Waals surface area contributed by atoms with Crippen LogP contribution in [0.25, 0.3) is 10.2 Å². The molecule has 0 unspecified atom stereocenters. The third-order valence-corrected chi connectivity index (χ3v) is 3.38. The van der Waals surface area contributed by atoms with E-state index in [0.29, 0.717) is 0 Å². The molecule has 0 aliphatic carbocycles. The summed E-state index contributed by atoms with van der Waals surface area (Å²) in [6.45, 7) is 0. The van der Waals surface area contributed by atoms with Crippen LogP contribution in [-0.2, 0) is 6.18 Å². The zero-order chi connectivity index (χ0) is 15.0. The largest absolute Gasteiger partial charge is 0.451 e. The molecular formula is C11H5F3N4O2S. The first kappa shape index (κ1) is 13.5. The van der Waals surface area contributed by atoms with E-state index < -0.39 is 17.8 Å². The Morgan fingerprint density at radius 1 is 1.33 bits per heavy atom. The lowest BCUT2D eigenvalue weighted by Crippen LogP contribution is -2.11. The summed E-state index contributed by atoms with van der Waals surface area (Å²) in [7, 11) is 0. The van der Waals surface area contributed by atoms with Gasteiger partial charge in [-0.05, 0) is 6.07 Å². The van der Waals surface area contributed by atoms with Crippen LogP contribution in [-0.4, -0.2) is 20.9 Å². The van der Waals surface area contributed by atoms with Crippen LogP contribution in [0.3, 0.4) is 0 Å². The Labute approximate surface area is 118 Å². The number of hydrogen-bond donors (Lipinski definition) is 1. The molecule has 1 N–H and O–H groups in total. The van der Waals surface area contributed by atoms with Crippen molar-refractivity contribution in [2.75, 3.05) is 5.32 Å². The number of rotatable bonds is 2. The molecule has 0 atom stereocenters. The fourth-order valence-electron chi connectivity index (χ4n) is 1.53. The highest BCUT2D eigenvalue weighted by Crippen LogP contribution is 2.32. The van der Waals surface area contributed by atoms with E-state index in [-0.39, 0.29) is 21.0 Å². The first-order chi connectivity index (χ1) is 9.93. The lowest BCUT2D eigenvalue weighted by molar-refractivity contribution is -0.141. The van der Waals surface area contributed by atoms with Crippen molar-refractivity contribution in [3.05, 3.63) is 36.3 Å². The number of amides is 1. The van der Waals surface area contributed by atoms with E-state index in [4.69, 9.17) is 0 Å². The number of anilines is 1. The molecule has 3 aromatic rings. The van der Waals surface area contributed by atoms with Crippen molar-refractivity contribution >= 4 is 32.6 Å². The van der Waals surface area contributed by atoms with Gasteiger partial charge < -0.3 is 4.42 Å². The van der Waals surface area contributed by atoms with E-state index in [1.54, 1.807) is 0 Å². The standard InChI is InChI=1S/C11H5F3N4O2S/c12-11(13,14)8-1-7-5(2-15-8)17-10(21-7)18-9(19)6-3-20-4-16-6/h1-4H,(H,17,18,19). The average molecular weight is 314 g/mol. The third kappa shape index (κ3) is 2.70. The van der Waals surface area contributed by atoms with Crippen LogP contribution in [0.1, 0.15) is 16.2 Å². The lowest BCUT2D eigenvalue weighted by Gasteiger charge is -2.03. The van der Waals surface area contributed by atoms with Gasteiger partial charge >= 0.3 is 6.18 Å². The number of aromatic nitrogens is 3. The minimum Gasteiger partial charge on any atom is -0.451 e. The summed E-state index contributed by atoms with van der Waals surface area (Å²) in [5.74, 6) is -0.563. The van der Waals surface area contributed by atoms with E-state index in [0.717, 1.165) is 36.3 Å². The monoisotopic (exact) mass is 314 g/mol. The normalized spacial score (nSPS) is 11.8. The Bertz CT molecular complexity index is 798. The number of nitrogens with zero attached hydrogens (tertiary/aromatic N) is 3. The highest BCUT2D eigenvalue weighted by molar-refractivity contribution is 7.22. The van der Waals surface area contributed by atoms with Gasteiger partial charge in [0.1, 0.15) is 17.5 Å². The molecule has 0 aliphatic heterocycles. The molecule has 3 rings (SSSR count). The quantitative estimate of drug-likeness (QED) is 0.786. The summed E-state index contributed by atoms with van der Waals surface area (Å²) in [6, 6.07) is 0.888. The van der Waals surface area contributed by atoms with Crippen LogP contribution < -0.4 is 5.32 Å². The Morgan fingerprint density at radius 3 is 2.81 bits per heavy atom. The number of nitrogens with one attached hydrogen (secondary N) is 1. The minimum atomic E-state index is -4.53. The molecule has 3 aromatic heterocycles. The molecule has 0 fully saturated rings. The SMILES string of the molecule is O=C(Nc1nc2cnc(C(F)(F)F)cc2s1)c1cocn1. The smallest absolute Gasteiger partial charge is 0.433 e. The lowest BCUT2D eigenvalue weighted by atomic mass is 10.3. The first-order valence-corrected chi connectivity index (χ1v) is 6.28. The second-order valence-corrected chi connectivity index (χ2v) is 4.91. The van der Waals surface area contributed by atoms with Crippen molar-refractivity contribution < 1.29 is 22.4 Å². The van der Waals surface area contributed by atoms with Gasteiger partial charge in [0.25, 0.3) is 5.91 Å². The van der Waals surface area contributed by atoms with Crippen molar-refractivity contribution in [1.82, 2.24) is 15.0 Å². The Balaban J connectivity index is 1.89. The maximum absolute atomic E-state index is 12.6. The molecule has 0 spiro atoms. The molecule has 10 heteroatoms. The van der Waals surface area contributed by atoms with Crippen molar-refractivity contribution in [2.24, 2.45) is 0 Å². The molecule has 0 aromatic carbocycles. The van der Waals surface area contributed by atoms with Gasteiger partial charge in [0, 0.05) is 0 Å². The molecule has 0 radical (unpaired) electrons. The molecule has 0 aliphatic rings. The minimum absolute atomic E-state index is 0.0448. The fourth-order valence-corrected chi connectivity index (χ4v) is 2.40. The van der Waals surface area contributed by atoms with Gasteiger partial charge in [-0.25, -0.2) is 15.0 Å². The molecule has 3 heterocycles. The zero-order valence-electron chi connectivity index (χ0n) is 10.0. The van der Waals surface area contributed by atoms with Crippen LogP contribution in [0.15, 0.2) is 29.3 Å². The number of halogens is 3. The predicted octanol–water partition coefficient (Wildman–Crippen LogP) is 2.95. The predicted molar refractivity (Wildman–Crippen MR) is 66.9 cm³/mol. The Morgan fingerprint density at radius 2 is 2.14 bits per heavy atom. The molecule has 108 valence electrons. The van der Waals surface area contributed by atoms with E-state index in [2.05, 4.69) is 24.7 Å². The first-order valence-electron chi connectivity index (χ1n) is 5.47. The average Bonchev–Trinajstić information content (AvgIpc) is 3.05. The number of hydrogen-bond acceptors (Lipinski definition) is 6. The van der Waals surface area contributed by atoms with Crippen LogP contribution in [0, 0.1) is 0 Å². The molecular weight excluding hydrogens is 309 g/mol. The van der Waals surface area contributed by atoms with Gasteiger partial charge in [0.15, 0.2) is 17.2 Å². The fraction of sp³-hybridized carbons (Fsp3) is 0.0909. The van der Waals surface area contributed by atoms with Crippen molar-refractivity contribution in [3.8, 4) is 0 Å². The van der Waals surface area contributed by atoms with Crippen LogP contribution in [0.4, 0.5) is 18.3 Å². The summed E-state index contributed by atoms with van der Waals surface area (Å²) in [6.07, 6.45) is -1.28. The molecule has 21 heavy (non-hydrogen) atoms. The summed E-state index contributed by atoms with van der Waals surface area (Å²) < 4.78 is 42.6. The Kier molecular flexibility index (Phi) is 3.09. The number of thiazole rings is 1. The zero-order valence-corrected chi connectivity index (χ0v) is 10.8. The second-order valence-electron chi connectivity index (χ2n) is 3.88. The number of fused-ring (bicyclic) bond motifs is 1. The van der Waals surface area contributed by atoms with Gasteiger partial charge in [-0.2, -0.15) is 13.2 Å². The highest BCUT2D eigenvalue weighted by Gasteiger charge is 2.32. The summed E-state index contributed by atoms with van der Waals surface area (Å²) in [5.41, 5.74) is -0.695. The van der Waals surface area contributed by atoms with E-state index in [9.17, 15) is 18.0 Å². The maximum atomic E-state index is 12.6. The summed E-state index contributed by atoms with van der Waals surface area (Å²) in [5, 5.41) is 2.58. The molecule has 6 nitrogen and oxygen atoms in total. The summed E-state index contributed by atoms with van der Waals surface area (Å²) >= 11 is 0.912. The number of pyridine rings is 1. The van der Waals surface area contributed by atoms with E-state index in [1.807, 2.05) is 0 Å². The van der Waals surface area contributed by atoms with Gasteiger partial charge in [-0.3, -0.25) is 10.1 Å². The molecule has 0 saturated carbocycles. The maximum Gasteiger partial charge on any atom is 0.433 e. The molecule has 0 bridgehead atoms. The molecule has 0 saturated heterocycles. The van der Waals surface area contributed by atoms with Gasteiger partial charge in [0.05, 0.1) is 10.9 Å². The van der Waals surface area contributed by atoms with Crippen LogP contribution in [0.2, 0.25) is 0 Å². The van der Waals surface area contributed by atoms with Gasteiger partial charge in [-0.1, -0.05) is 11.3 Å². The third-order valence-electron chi connectivity index (χ3n) is 2.45. The number of carbonyl (C=O) groups is 1. The van der Waals surface area contributed by atoms with Crippen LogP contribution >= 0.6 is 11.3 Å². The van der Waals surface area contributed by atoms with Crippen molar-refractivity contribution in [1.29, 1.82) is 0 Å². The Hall–Kier alpha value is -2.49. The van der Waals surface area contributed by atoms with Crippen LogP contribution in [0.5, 0.6) is 0 Å². The number of carbonyl (C=O) groups excluding carboxylic acids is 1. The second kappa shape index (κ2) is 4.81.